The van der Waals surface area contributed by atoms with Gasteiger partial charge >= 0.3 is 12.0 Å². The standard InChI is InChI=1S/C22H18Cl3N3O5/c23-14-4-2-1-3-13(14)11-28-8-7-18(29)20(21(28)32)27-22(33)26-17(10-19(30)31)12-5-6-15(24)16(25)9-12/h1-9,17,29H,10-11H2,(H,30,31)(H2,26,27,33). The number of carboxylic acids is 1. The number of anilines is 1. The van der Waals surface area contributed by atoms with Gasteiger partial charge in [-0.2, -0.15) is 0 Å². The molecule has 8 nitrogen and oxygen atoms in total. The highest BCUT2D eigenvalue weighted by Gasteiger charge is 2.21. The Bertz CT molecular complexity index is 1260. The second kappa shape index (κ2) is 10.6. The lowest BCUT2D eigenvalue weighted by Gasteiger charge is -2.19. The molecule has 2 aromatic carbocycles. The van der Waals surface area contributed by atoms with Gasteiger partial charge in [0.25, 0.3) is 5.56 Å². The van der Waals surface area contributed by atoms with Crippen LogP contribution in [0.5, 0.6) is 5.75 Å². The van der Waals surface area contributed by atoms with Gasteiger partial charge in [0.15, 0.2) is 5.69 Å². The monoisotopic (exact) mass is 509 g/mol. The van der Waals surface area contributed by atoms with Gasteiger partial charge in [0.1, 0.15) is 5.75 Å². The lowest BCUT2D eigenvalue weighted by molar-refractivity contribution is -0.137. The highest BCUT2D eigenvalue weighted by Crippen LogP contribution is 2.27. The number of nitrogens with zero attached hydrogens (tertiary/aromatic N) is 1. The van der Waals surface area contributed by atoms with Crippen molar-refractivity contribution >= 4 is 52.5 Å². The molecular weight excluding hydrogens is 493 g/mol. The van der Waals surface area contributed by atoms with E-state index in [0.29, 0.717) is 16.1 Å². The molecule has 0 bridgehead atoms. The topological polar surface area (TPSA) is 121 Å². The van der Waals surface area contributed by atoms with Gasteiger partial charge < -0.3 is 25.4 Å². The van der Waals surface area contributed by atoms with Crippen molar-refractivity contribution in [2.24, 2.45) is 0 Å². The van der Waals surface area contributed by atoms with Gasteiger partial charge in [-0.1, -0.05) is 59.1 Å². The number of aromatic hydroxyl groups is 1. The number of hydrogen-bond donors (Lipinski definition) is 4. The van der Waals surface area contributed by atoms with E-state index in [1.165, 1.54) is 35.0 Å². The first-order valence-electron chi connectivity index (χ1n) is 9.55. The van der Waals surface area contributed by atoms with Crippen LogP contribution < -0.4 is 16.2 Å². The molecule has 0 saturated carbocycles. The van der Waals surface area contributed by atoms with E-state index in [2.05, 4.69) is 10.6 Å². The zero-order valence-corrected chi connectivity index (χ0v) is 19.2. The average molecular weight is 511 g/mol. The predicted octanol–water partition coefficient (Wildman–Crippen LogP) is 4.90. The van der Waals surface area contributed by atoms with E-state index in [9.17, 15) is 24.6 Å². The van der Waals surface area contributed by atoms with Crippen molar-refractivity contribution in [3.05, 3.63) is 91.3 Å². The van der Waals surface area contributed by atoms with Crippen molar-refractivity contribution in [1.29, 1.82) is 0 Å². The summed E-state index contributed by atoms with van der Waals surface area (Å²) >= 11 is 18.1. The van der Waals surface area contributed by atoms with Crippen molar-refractivity contribution in [3.8, 4) is 5.75 Å². The third-order valence-corrected chi connectivity index (χ3v) is 5.82. The predicted molar refractivity (Wildman–Crippen MR) is 127 cm³/mol. The van der Waals surface area contributed by atoms with E-state index in [-0.39, 0.29) is 22.3 Å². The molecule has 2 amide bonds. The number of halogens is 3. The summed E-state index contributed by atoms with van der Waals surface area (Å²) in [5, 5.41) is 25.1. The molecule has 0 radical (unpaired) electrons. The molecule has 1 unspecified atom stereocenters. The molecule has 1 heterocycles. The normalized spacial score (nSPS) is 11.6. The number of aliphatic carboxylic acids is 1. The fourth-order valence-electron chi connectivity index (χ4n) is 3.08. The first-order valence-corrected chi connectivity index (χ1v) is 10.7. The van der Waals surface area contributed by atoms with Crippen LogP contribution in [0.4, 0.5) is 10.5 Å². The van der Waals surface area contributed by atoms with Gasteiger partial charge in [0.2, 0.25) is 0 Å². The first-order chi connectivity index (χ1) is 15.7. The van der Waals surface area contributed by atoms with Crippen molar-refractivity contribution in [1.82, 2.24) is 9.88 Å². The average Bonchev–Trinajstić information content (AvgIpc) is 2.75. The third-order valence-electron chi connectivity index (χ3n) is 4.71. The van der Waals surface area contributed by atoms with Gasteiger partial charge in [-0.05, 0) is 35.4 Å². The molecule has 1 aromatic heterocycles. The summed E-state index contributed by atoms with van der Waals surface area (Å²) in [6.07, 6.45) is 0.913. The van der Waals surface area contributed by atoms with Crippen molar-refractivity contribution < 1.29 is 19.8 Å². The summed E-state index contributed by atoms with van der Waals surface area (Å²) in [7, 11) is 0. The number of nitrogens with one attached hydrogen (secondary N) is 2. The Morgan fingerprint density at radius 3 is 2.39 bits per heavy atom. The van der Waals surface area contributed by atoms with Crippen LogP contribution in [0.15, 0.2) is 59.5 Å². The number of hydrogen-bond acceptors (Lipinski definition) is 4. The van der Waals surface area contributed by atoms with E-state index in [0.717, 1.165) is 0 Å². The maximum Gasteiger partial charge on any atom is 0.319 e. The Morgan fingerprint density at radius 1 is 1.00 bits per heavy atom. The number of carbonyl (C=O) groups excluding carboxylic acids is 1. The Hall–Kier alpha value is -3.20. The SMILES string of the molecule is O=C(O)CC(NC(=O)Nc1c(O)ccn(Cc2ccccc2Cl)c1=O)c1ccc(Cl)c(Cl)c1. The number of urea groups is 1. The maximum atomic E-state index is 12.8. The molecule has 1 atom stereocenters. The highest BCUT2D eigenvalue weighted by molar-refractivity contribution is 6.42. The van der Waals surface area contributed by atoms with E-state index < -0.39 is 35.8 Å². The largest absolute Gasteiger partial charge is 0.505 e. The van der Waals surface area contributed by atoms with Crippen molar-refractivity contribution in [3.63, 3.8) is 0 Å². The summed E-state index contributed by atoms with van der Waals surface area (Å²) in [5.41, 5.74) is 0.0264. The molecule has 4 N–H and O–H groups in total. The second-order valence-electron chi connectivity index (χ2n) is 7.02. The zero-order chi connectivity index (χ0) is 24.1. The molecule has 3 aromatic rings. The highest BCUT2D eigenvalue weighted by atomic mass is 35.5. The smallest absolute Gasteiger partial charge is 0.319 e. The van der Waals surface area contributed by atoms with Crippen LogP contribution in [-0.4, -0.2) is 26.8 Å². The van der Waals surface area contributed by atoms with Crippen LogP contribution in [0.25, 0.3) is 0 Å². The lowest BCUT2D eigenvalue weighted by atomic mass is 10.0. The number of amides is 2. The van der Waals surface area contributed by atoms with Crippen LogP contribution in [-0.2, 0) is 11.3 Å². The minimum atomic E-state index is -1.17. The summed E-state index contributed by atoms with van der Waals surface area (Å²) in [6, 6.07) is 10.8. The molecule has 0 aliphatic heterocycles. The Morgan fingerprint density at radius 2 is 1.73 bits per heavy atom. The van der Waals surface area contributed by atoms with Crippen molar-refractivity contribution in [2.75, 3.05) is 5.32 Å². The second-order valence-corrected chi connectivity index (χ2v) is 8.24. The summed E-state index contributed by atoms with van der Waals surface area (Å²) < 4.78 is 1.27. The Labute approximate surface area is 203 Å². The van der Waals surface area contributed by atoms with E-state index in [1.807, 2.05) is 0 Å². The molecule has 0 spiro atoms. The van der Waals surface area contributed by atoms with Gasteiger partial charge in [0.05, 0.1) is 29.1 Å². The number of carbonyl (C=O) groups is 2. The first kappa shape index (κ1) is 24.4. The number of pyridine rings is 1. The van der Waals surface area contributed by atoms with Crippen molar-refractivity contribution in [2.45, 2.75) is 19.0 Å². The Kier molecular flexibility index (Phi) is 7.86. The molecule has 0 saturated heterocycles. The minimum Gasteiger partial charge on any atom is -0.505 e. The fraction of sp³-hybridized carbons (Fsp3) is 0.136. The molecule has 0 fully saturated rings. The van der Waals surface area contributed by atoms with Gasteiger partial charge in [-0.3, -0.25) is 9.59 Å². The third kappa shape index (κ3) is 6.19. The molecule has 3 rings (SSSR count). The summed E-state index contributed by atoms with van der Waals surface area (Å²) in [5.74, 6) is -1.62. The molecule has 172 valence electrons. The summed E-state index contributed by atoms with van der Waals surface area (Å²) in [6.45, 7) is 0.111. The van der Waals surface area contributed by atoms with E-state index >= 15 is 0 Å². The van der Waals surface area contributed by atoms with Crippen LogP contribution in [0.1, 0.15) is 23.6 Å². The van der Waals surface area contributed by atoms with Crippen LogP contribution in [0, 0.1) is 0 Å². The fourth-order valence-corrected chi connectivity index (χ4v) is 3.58. The quantitative estimate of drug-likeness (QED) is 0.360. The minimum absolute atomic E-state index is 0.111. The van der Waals surface area contributed by atoms with Crippen LogP contribution in [0.3, 0.4) is 0 Å². The van der Waals surface area contributed by atoms with E-state index in [1.54, 1.807) is 24.3 Å². The zero-order valence-electron chi connectivity index (χ0n) is 16.9. The number of carboxylic acid groups (broad SMARTS) is 1. The molecule has 0 aliphatic rings. The molecule has 33 heavy (non-hydrogen) atoms. The van der Waals surface area contributed by atoms with Crippen LogP contribution in [0.2, 0.25) is 15.1 Å². The lowest BCUT2D eigenvalue weighted by Crippen LogP contribution is -2.36. The number of benzene rings is 2. The molecular formula is C22H18Cl3N3O5. The van der Waals surface area contributed by atoms with Crippen LogP contribution >= 0.6 is 34.8 Å². The molecule has 11 heteroatoms. The Balaban J connectivity index is 1.83. The van der Waals surface area contributed by atoms with Gasteiger partial charge in [-0.15, -0.1) is 0 Å². The molecule has 0 aliphatic carbocycles. The number of aromatic nitrogens is 1. The van der Waals surface area contributed by atoms with Gasteiger partial charge in [0, 0.05) is 11.2 Å². The summed E-state index contributed by atoms with van der Waals surface area (Å²) in [4.78, 5) is 36.7. The maximum absolute atomic E-state index is 12.8. The van der Waals surface area contributed by atoms with Gasteiger partial charge in [-0.25, -0.2) is 4.79 Å². The van der Waals surface area contributed by atoms with E-state index in [4.69, 9.17) is 34.8 Å². The number of rotatable bonds is 7.